The van der Waals surface area contributed by atoms with Gasteiger partial charge in [-0.15, -0.1) is 0 Å². The molecule has 212 valence electrons. The first-order valence-corrected chi connectivity index (χ1v) is 14.5. The van der Waals surface area contributed by atoms with Gasteiger partial charge in [-0.05, 0) is 78.0 Å². The lowest BCUT2D eigenvalue weighted by Gasteiger charge is -2.32. The van der Waals surface area contributed by atoms with Crippen LogP contribution in [0.1, 0.15) is 65.9 Å². The average molecular weight is 558 g/mol. The van der Waals surface area contributed by atoms with E-state index in [1.807, 2.05) is 59.9 Å². The summed E-state index contributed by atoms with van der Waals surface area (Å²) >= 11 is 0. The maximum atomic E-state index is 13.4. The molecule has 11 nitrogen and oxygen atoms in total. The molecule has 0 saturated carbocycles. The van der Waals surface area contributed by atoms with Crippen LogP contribution in [0.2, 0.25) is 0 Å². The molecule has 2 amide bonds. The summed E-state index contributed by atoms with van der Waals surface area (Å²) in [5, 5.41) is 4.93. The van der Waals surface area contributed by atoms with Crippen LogP contribution in [-0.2, 0) is 10.0 Å². The second-order valence-electron chi connectivity index (χ2n) is 12.2. The predicted molar refractivity (Wildman–Crippen MR) is 149 cm³/mol. The zero-order valence-corrected chi connectivity index (χ0v) is 24.9. The van der Waals surface area contributed by atoms with Gasteiger partial charge in [0.1, 0.15) is 10.5 Å². The summed E-state index contributed by atoms with van der Waals surface area (Å²) in [6.07, 6.45) is 7.23. The first-order chi connectivity index (χ1) is 18.0. The van der Waals surface area contributed by atoms with Crippen LogP contribution in [0.25, 0.3) is 11.0 Å². The number of rotatable bonds is 3. The number of fused-ring (bicyclic) bond motifs is 1. The molecule has 0 bridgehead atoms. The van der Waals surface area contributed by atoms with E-state index in [9.17, 15) is 18.0 Å². The summed E-state index contributed by atoms with van der Waals surface area (Å²) in [5.74, 6) is 0.0712. The van der Waals surface area contributed by atoms with E-state index in [-0.39, 0.29) is 22.4 Å². The molecule has 1 aliphatic heterocycles. The molecule has 3 aromatic heterocycles. The number of nitrogens with zero attached hydrogens (tertiary/aromatic N) is 7. The molecule has 0 radical (unpaired) electrons. The lowest BCUT2D eigenvalue weighted by molar-refractivity contribution is 0.164. The summed E-state index contributed by atoms with van der Waals surface area (Å²) in [5.41, 5.74) is 0.800. The molecule has 4 heterocycles. The Labute approximate surface area is 230 Å². The Bertz CT molecular complexity index is 1490. The first kappa shape index (κ1) is 28.8. The number of piperidine rings is 1. The van der Waals surface area contributed by atoms with Crippen LogP contribution >= 0.6 is 0 Å². The van der Waals surface area contributed by atoms with Crippen molar-refractivity contribution in [2.75, 3.05) is 27.2 Å². The summed E-state index contributed by atoms with van der Waals surface area (Å²) in [6.45, 7) is 12.2. The van der Waals surface area contributed by atoms with Crippen molar-refractivity contribution in [1.82, 2.24) is 33.4 Å². The van der Waals surface area contributed by atoms with Crippen LogP contribution in [0.15, 0.2) is 41.8 Å². The Hall–Kier alpha value is -3.25. The molecule has 0 aromatic carbocycles. The van der Waals surface area contributed by atoms with E-state index in [2.05, 4.69) is 10.1 Å². The average Bonchev–Trinajstić information content (AvgIpc) is 3.52. The SMILES string of the molecule is CN(C(=O)n1cc(S(=O)(=O)N2CCC(c3cn(C(=O)N(C)C(C)(C)C)c4ncccc34)CC2)cn1)C(C)(C)C. The summed E-state index contributed by atoms with van der Waals surface area (Å²) in [6, 6.07) is 3.24. The van der Waals surface area contributed by atoms with Crippen LogP contribution < -0.4 is 0 Å². The molecule has 12 heteroatoms. The number of sulfonamides is 1. The largest absolute Gasteiger partial charge is 0.344 e. The van der Waals surface area contributed by atoms with Gasteiger partial charge in [-0.25, -0.2) is 23.0 Å². The number of pyridine rings is 1. The van der Waals surface area contributed by atoms with Crippen molar-refractivity contribution in [3.8, 4) is 0 Å². The highest BCUT2D eigenvalue weighted by molar-refractivity contribution is 7.89. The molecule has 1 fully saturated rings. The van der Waals surface area contributed by atoms with Gasteiger partial charge in [0.25, 0.3) is 0 Å². The summed E-state index contributed by atoms with van der Waals surface area (Å²) in [7, 11) is -0.387. The number of hydrogen-bond acceptors (Lipinski definition) is 6. The zero-order chi connectivity index (χ0) is 28.9. The van der Waals surface area contributed by atoms with E-state index < -0.39 is 21.6 Å². The Morgan fingerprint density at radius 3 is 2.13 bits per heavy atom. The van der Waals surface area contributed by atoms with Crippen molar-refractivity contribution in [2.24, 2.45) is 0 Å². The highest BCUT2D eigenvalue weighted by atomic mass is 32.2. The monoisotopic (exact) mass is 557 g/mol. The highest BCUT2D eigenvalue weighted by Crippen LogP contribution is 2.35. The topological polar surface area (TPSA) is 114 Å². The number of amides is 2. The minimum Gasteiger partial charge on any atom is -0.322 e. The van der Waals surface area contributed by atoms with E-state index in [1.54, 1.807) is 29.8 Å². The van der Waals surface area contributed by atoms with Gasteiger partial charge < -0.3 is 9.80 Å². The molecule has 0 unspecified atom stereocenters. The third-order valence-electron chi connectivity index (χ3n) is 7.67. The Morgan fingerprint density at radius 2 is 1.54 bits per heavy atom. The van der Waals surface area contributed by atoms with Crippen LogP contribution in [0, 0.1) is 0 Å². The van der Waals surface area contributed by atoms with Crippen molar-refractivity contribution in [1.29, 1.82) is 0 Å². The van der Waals surface area contributed by atoms with Gasteiger partial charge in [0, 0.05) is 56.0 Å². The van der Waals surface area contributed by atoms with Gasteiger partial charge in [-0.3, -0.25) is 4.57 Å². The minimum atomic E-state index is -3.82. The number of aromatic nitrogens is 4. The van der Waals surface area contributed by atoms with Crippen molar-refractivity contribution >= 4 is 33.1 Å². The van der Waals surface area contributed by atoms with Gasteiger partial charge >= 0.3 is 12.1 Å². The number of hydrogen-bond donors (Lipinski definition) is 0. The molecule has 0 atom stereocenters. The minimum absolute atomic E-state index is 0.00627. The predicted octanol–water partition coefficient (Wildman–Crippen LogP) is 4.20. The quantitative estimate of drug-likeness (QED) is 0.477. The van der Waals surface area contributed by atoms with E-state index in [1.165, 1.54) is 21.6 Å². The highest BCUT2D eigenvalue weighted by Gasteiger charge is 2.34. The summed E-state index contributed by atoms with van der Waals surface area (Å²) < 4.78 is 30.9. The summed E-state index contributed by atoms with van der Waals surface area (Å²) in [4.78, 5) is 33.7. The maximum absolute atomic E-state index is 13.4. The smallest absolute Gasteiger partial charge is 0.322 e. The van der Waals surface area contributed by atoms with Gasteiger partial charge in [0.2, 0.25) is 10.0 Å². The fourth-order valence-electron chi connectivity index (χ4n) is 4.54. The van der Waals surface area contributed by atoms with Crippen LogP contribution in [0.4, 0.5) is 9.59 Å². The van der Waals surface area contributed by atoms with Crippen LogP contribution in [0.5, 0.6) is 0 Å². The Morgan fingerprint density at radius 1 is 0.949 bits per heavy atom. The molecule has 3 aromatic rings. The Balaban J connectivity index is 1.53. The van der Waals surface area contributed by atoms with Gasteiger partial charge in [0.05, 0.1) is 12.4 Å². The zero-order valence-electron chi connectivity index (χ0n) is 24.0. The molecule has 4 rings (SSSR count). The second-order valence-corrected chi connectivity index (χ2v) is 14.1. The lowest BCUT2D eigenvalue weighted by atomic mass is 9.90. The van der Waals surface area contributed by atoms with Crippen LogP contribution in [-0.4, -0.2) is 92.2 Å². The van der Waals surface area contributed by atoms with E-state index >= 15 is 0 Å². The van der Waals surface area contributed by atoms with Gasteiger partial charge in [-0.2, -0.15) is 14.1 Å². The first-order valence-electron chi connectivity index (χ1n) is 13.1. The fraction of sp³-hybridized carbons (Fsp3) is 0.556. The standard InChI is InChI=1S/C27H39N7O4S/c1-26(2,3)30(7)24(35)33-18-22(21-10-9-13-28-23(21)33)19-11-14-32(15-12-19)39(37,38)20-16-29-34(17-20)25(36)31(8)27(4,5)6/h9-10,13,16-19H,11-12,14-15H2,1-8H3. The van der Waals surface area contributed by atoms with Gasteiger partial charge in [0.15, 0.2) is 0 Å². The van der Waals surface area contributed by atoms with Gasteiger partial charge in [-0.1, -0.05) is 0 Å². The van der Waals surface area contributed by atoms with E-state index in [0.717, 1.165) is 15.6 Å². The third-order valence-corrected chi connectivity index (χ3v) is 9.52. The Kier molecular flexibility index (Phi) is 7.41. The second kappa shape index (κ2) is 10.1. The molecule has 0 spiro atoms. The third kappa shape index (κ3) is 5.44. The van der Waals surface area contributed by atoms with Crippen molar-refractivity contribution in [3.63, 3.8) is 0 Å². The molecular formula is C27H39N7O4S. The molecule has 0 N–H and O–H groups in total. The molecular weight excluding hydrogens is 518 g/mol. The number of carbonyl (C=O) groups is 2. The molecule has 1 saturated heterocycles. The molecule has 39 heavy (non-hydrogen) atoms. The molecule has 0 aliphatic carbocycles. The number of carbonyl (C=O) groups excluding carboxylic acids is 2. The van der Waals surface area contributed by atoms with E-state index in [4.69, 9.17) is 0 Å². The van der Waals surface area contributed by atoms with E-state index in [0.29, 0.717) is 31.6 Å². The normalized spacial score (nSPS) is 16.0. The van der Waals surface area contributed by atoms with Crippen molar-refractivity contribution < 1.29 is 18.0 Å². The molecule has 1 aliphatic rings. The maximum Gasteiger partial charge on any atom is 0.344 e. The fourth-order valence-corrected chi connectivity index (χ4v) is 5.95. The lowest BCUT2D eigenvalue weighted by Crippen LogP contribution is -2.44. The van der Waals surface area contributed by atoms with Crippen molar-refractivity contribution in [2.45, 2.75) is 76.3 Å². The van der Waals surface area contributed by atoms with Crippen molar-refractivity contribution in [3.05, 3.63) is 42.5 Å². The van der Waals surface area contributed by atoms with Crippen LogP contribution in [0.3, 0.4) is 0 Å².